The Balaban J connectivity index is 1.81. The van der Waals surface area contributed by atoms with Crippen LogP contribution in [0.4, 0.5) is 0 Å². The quantitative estimate of drug-likeness (QED) is 0.883. The van der Waals surface area contributed by atoms with Gasteiger partial charge in [-0.2, -0.15) is 0 Å². The van der Waals surface area contributed by atoms with Gasteiger partial charge in [0.15, 0.2) is 5.79 Å². The van der Waals surface area contributed by atoms with E-state index >= 15 is 0 Å². The lowest BCUT2D eigenvalue weighted by Gasteiger charge is -2.38. The molecule has 0 unspecified atom stereocenters. The van der Waals surface area contributed by atoms with Crippen LogP contribution in [0, 0.1) is 0 Å². The molecule has 0 saturated carbocycles. The van der Waals surface area contributed by atoms with Gasteiger partial charge in [0.25, 0.3) is 0 Å². The molecule has 2 heterocycles. The Labute approximate surface area is 114 Å². The summed E-state index contributed by atoms with van der Waals surface area (Å²) in [7, 11) is 1.93. The van der Waals surface area contributed by atoms with E-state index in [-0.39, 0.29) is 6.04 Å². The van der Waals surface area contributed by atoms with Gasteiger partial charge in [-0.3, -0.25) is 0 Å². The topological polar surface area (TPSA) is 39.7 Å². The van der Waals surface area contributed by atoms with E-state index in [4.69, 9.17) is 14.2 Å². The summed E-state index contributed by atoms with van der Waals surface area (Å²) in [6.45, 7) is 4.14. The second-order valence-corrected chi connectivity index (χ2v) is 5.33. The molecule has 1 aromatic carbocycles. The molecule has 4 heteroatoms. The Morgan fingerprint density at radius 3 is 2.79 bits per heavy atom. The van der Waals surface area contributed by atoms with Crippen LogP contribution in [0.25, 0.3) is 0 Å². The summed E-state index contributed by atoms with van der Waals surface area (Å²) in [5.74, 6) is 0.363. The first kappa shape index (κ1) is 12.9. The van der Waals surface area contributed by atoms with Crippen molar-refractivity contribution in [3.8, 4) is 5.75 Å². The monoisotopic (exact) mass is 263 g/mol. The van der Waals surface area contributed by atoms with Gasteiger partial charge in [-0.1, -0.05) is 0 Å². The van der Waals surface area contributed by atoms with E-state index in [1.54, 1.807) is 0 Å². The second-order valence-electron chi connectivity index (χ2n) is 5.33. The molecule has 4 nitrogen and oxygen atoms in total. The van der Waals surface area contributed by atoms with Crippen LogP contribution in [-0.4, -0.2) is 32.9 Å². The average Bonchev–Trinajstić information content (AvgIpc) is 2.47. The first-order valence-electron chi connectivity index (χ1n) is 6.93. The standard InChI is InChI=1S/C15H21NO3/c1-15(18-9-13(16-2)10-19-15)12-5-6-14-11(8-12)4-3-7-17-14/h5-6,8,13,16H,3-4,7,9-10H2,1-2H3. The van der Waals surface area contributed by atoms with Gasteiger partial charge in [-0.15, -0.1) is 0 Å². The SMILES string of the molecule is CNC1COC(C)(c2ccc3c(c2)CCCO3)OC1. The molecule has 1 N–H and O–H groups in total. The van der Waals surface area contributed by atoms with Gasteiger partial charge in [0, 0.05) is 5.56 Å². The second kappa shape index (κ2) is 5.12. The third kappa shape index (κ3) is 2.48. The van der Waals surface area contributed by atoms with Gasteiger partial charge >= 0.3 is 0 Å². The molecule has 2 aliphatic rings. The van der Waals surface area contributed by atoms with Crippen molar-refractivity contribution in [2.75, 3.05) is 26.9 Å². The summed E-state index contributed by atoms with van der Waals surface area (Å²) < 4.78 is 17.5. The highest BCUT2D eigenvalue weighted by molar-refractivity contribution is 5.40. The lowest BCUT2D eigenvalue weighted by Crippen LogP contribution is -2.47. The normalized spacial score (nSPS) is 30.5. The van der Waals surface area contributed by atoms with Gasteiger partial charge < -0.3 is 19.5 Å². The van der Waals surface area contributed by atoms with Crippen molar-refractivity contribution >= 4 is 0 Å². The lowest BCUT2D eigenvalue weighted by molar-refractivity contribution is -0.272. The fourth-order valence-corrected chi connectivity index (χ4v) is 2.59. The molecule has 19 heavy (non-hydrogen) atoms. The molecule has 0 bridgehead atoms. The van der Waals surface area contributed by atoms with Crippen LogP contribution in [0.5, 0.6) is 5.75 Å². The van der Waals surface area contributed by atoms with Crippen molar-refractivity contribution in [2.24, 2.45) is 0 Å². The minimum absolute atomic E-state index is 0.272. The number of aryl methyl sites for hydroxylation is 1. The fourth-order valence-electron chi connectivity index (χ4n) is 2.59. The smallest absolute Gasteiger partial charge is 0.192 e. The molecule has 1 aromatic rings. The zero-order valence-corrected chi connectivity index (χ0v) is 11.6. The van der Waals surface area contributed by atoms with Gasteiger partial charge in [-0.05, 0) is 50.6 Å². The number of ether oxygens (including phenoxy) is 3. The summed E-state index contributed by atoms with van der Waals surface area (Å²) in [5, 5.41) is 3.17. The van der Waals surface area contributed by atoms with Crippen molar-refractivity contribution < 1.29 is 14.2 Å². The first-order valence-corrected chi connectivity index (χ1v) is 6.93. The average molecular weight is 263 g/mol. The maximum absolute atomic E-state index is 5.92. The van der Waals surface area contributed by atoms with Gasteiger partial charge in [0.05, 0.1) is 25.9 Å². The predicted octanol–water partition coefficient (Wildman–Crippen LogP) is 1.82. The zero-order valence-electron chi connectivity index (χ0n) is 11.6. The largest absolute Gasteiger partial charge is 0.493 e. The summed E-state index contributed by atoms with van der Waals surface area (Å²) in [4.78, 5) is 0. The van der Waals surface area contributed by atoms with E-state index in [0.717, 1.165) is 30.8 Å². The zero-order chi connectivity index (χ0) is 13.3. The van der Waals surface area contributed by atoms with E-state index in [1.807, 2.05) is 26.1 Å². The molecule has 104 valence electrons. The van der Waals surface area contributed by atoms with Gasteiger partial charge in [0.1, 0.15) is 5.75 Å². The molecule has 3 rings (SSSR count). The van der Waals surface area contributed by atoms with Gasteiger partial charge in [0.2, 0.25) is 0 Å². The van der Waals surface area contributed by atoms with E-state index in [1.165, 1.54) is 5.56 Å². The minimum Gasteiger partial charge on any atom is -0.493 e. The van der Waals surface area contributed by atoms with Crippen molar-refractivity contribution in [3.05, 3.63) is 29.3 Å². The van der Waals surface area contributed by atoms with Crippen LogP contribution in [0.1, 0.15) is 24.5 Å². The molecule has 1 fully saturated rings. The van der Waals surface area contributed by atoms with Crippen LogP contribution in [-0.2, 0) is 21.7 Å². The Kier molecular flexibility index (Phi) is 3.48. The Morgan fingerprint density at radius 1 is 1.26 bits per heavy atom. The third-order valence-electron chi connectivity index (χ3n) is 3.96. The number of rotatable bonds is 2. The van der Waals surface area contributed by atoms with Crippen molar-refractivity contribution in [3.63, 3.8) is 0 Å². The van der Waals surface area contributed by atoms with E-state index in [0.29, 0.717) is 13.2 Å². The highest BCUT2D eigenvalue weighted by Crippen LogP contribution is 2.34. The molecular weight excluding hydrogens is 242 g/mol. The maximum Gasteiger partial charge on any atom is 0.192 e. The summed E-state index contributed by atoms with van der Waals surface area (Å²) in [5.41, 5.74) is 2.33. The van der Waals surface area contributed by atoms with Crippen LogP contribution >= 0.6 is 0 Å². The van der Waals surface area contributed by atoms with E-state index < -0.39 is 5.79 Å². The minimum atomic E-state index is -0.639. The summed E-state index contributed by atoms with van der Waals surface area (Å²) in [6, 6.07) is 6.51. The molecule has 0 radical (unpaired) electrons. The molecule has 2 aliphatic heterocycles. The van der Waals surface area contributed by atoms with E-state index in [2.05, 4.69) is 11.4 Å². The summed E-state index contributed by atoms with van der Waals surface area (Å²) >= 11 is 0. The molecule has 1 saturated heterocycles. The van der Waals surface area contributed by atoms with Gasteiger partial charge in [-0.25, -0.2) is 0 Å². The highest BCUT2D eigenvalue weighted by atomic mass is 16.7. The van der Waals surface area contributed by atoms with Crippen LogP contribution in [0.2, 0.25) is 0 Å². The fraction of sp³-hybridized carbons (Fsp3) is 0.600. The number of benzene rings is 1. The Bertz CT molecular complexity index is 453. The Morgan fingerprint density at radius 2 is 2.05 bits per heavy atom. The molecule has 0 spiro atoms. The predicted molar refractivity (Wildman–Crippen MR) is 72.4 cm³/mol. The number of hydrogen-bond donors (Lipinski definition) is 1. The van der Waals surface area contributed by atoms with Crippen molar-refractivity contribution in [2.45, 2.75) is 31.6 Å². The molecule has 0 aromatic heterocycles. The molecule has 0 atom stereocenters. The lowest BCUT2D eigenvalue weighted by atomic mass is 9.99. The number of nitrogens with one attached hydrogen (secondary N) is 1. The van der Waals surface area contributed by atoms with E-state index in [9.17, 15) is 0 Å². The van der Waals surface area contributed by atoms with Crippen molar-refractivity contribution in [1.82, 2.24) is 5.32 Å². The number of hydrogen-bond acceptors (Lipinski definition) is 4. The van der Waals surface area contributed by atoms with Crippen molar-refractivity contribution in [1.29, 1.82) is 0 Å². The summed E-state index contributed by atoms with van der Waals surface area (Å²) in [6.07, 6.45) is 2.15. The third-order valence-corrected chi connectivity index (χ3v) is 3.96. The molecule has 0 amide bonds. The maximum atomic E-state index is 5.92. The number of fused-ring (bicyclic) bond motifs is 1. The Hall–Kier alpha value is -1.10. The highest BCUT2D eigenvalue weighted by Gasteiger charge is 2.35. The number of likely N-dealkylation sites (N-methyl/N-ethyl adjacent to an activating group) is 1. The van der Waals surface area contributed by atoms with Crippen LogP contribution in [0.15, 0.2) is 18.2 Å². The van der Waals surface area contributed by atoms with Crippen LogP contribution in [0.3, 0.4) is 0 Å². The first-order chi connectivity index (χ1) is 9.21. The molecule has 0 aliphatic carbocycles. The molecular formula is C15H21NO3. The van der Waals surface area contributed by atoms with Crippen LogP contribution < -0.4 is 10.1 Å².